The molecule has 8 nitrogen and oxygen atoms in total. The van der Waals surface area contributed by atoms with Crippen molar-refractivity contribution >= 4 is 23.9 Å². The van der Waals surface area contributed by atoms with Crippen molar-refractivity contribution in [3.8, 4) is 0 Å². The Kier molecular flexibility index (Phi) is 11.0. The Balaban J connectivity index is 0.000000185. The summed E-state index contributed by atoms with van der Waals surface area (Å²) in [5.41, 5.74) is -0.373. The van der Waals surface area contributed by atoms with E-state index in [0.717, 1.165) is 42.6 Å². The van der Waals surface area contributed by atoms with E-state index in [1.54, 1.807) is 6.92 Å². The van der Waals surface area contributed by atoms with E-state index in [4.69, 9.17) is 18.9 Å². The average Bonchev–Trinajstić information content (AvgIpc) is 2.99. The fourth-order valence-electron chi connectivity index (χ4n) is 11.2. The summed E-state index contributed by atoms with van der Waals surface area (Å²) in [6, 6.07) is 0. The van der Waals surface area contributed by atoms with Crippen molar-refractivity contribution in [1.82, 2.24) is 0 Å². The molecule has 8 aliphatic rings. The molecule has 0 aromatic heterocycles. The van der Waals surface area contributed by atoms with Crippen molar-refractivity contribution in [2.24, 2.45) is 59.2 Å². The second-order valence-corrected chi connectivity index (χ2v) is 16.8. The van der Waals surface area contributed by atoms with Gasteiger partial charge in [0.2, 0.25) is 0 Å². The number of hydrogen-bond acceptors (Lipinski definition) is 8. The van der Waals surface area contributed by atoms with Crippen LogP contribution in [0.15, 0.2) is 24.8 Å². The molecule has 8 fully saturated rings. The van der Waals surface area contributed by atoms with Gasteiger partial charge in [0, 0.05) is 11.6 Å². The highest BCUT2D eigenvalue weighted by molar-refractivity contribution is 5.88. The molecular weight excluding hydrogens is 596 g/mol. The minimum absolute atomic E-state index is 0.300. The van der Waals surface area contributed by atoms with Gasteiger partial charge in [-0.25, -0.2) is 19.2 Å². The SMILES string of the molecule is C=C(C)C(=O)OCC(=O)OC1(CC(C)C)C2CC3CC(C2)CC1C3.C=CC(=O)OCC(=O)OC1(CC(C)C)C2CC3CC(C2)CC1C3. The monoisotopic (exact) mass is 654 g/mol. The molecule has 0 spiro atoms. The molecule has 0 aromatic carbocycles. The van der Waals surface area contributed by atoms with E-state index in [-0.39, 0.29) is 24.4 Å². The number of hydrogen-bond donors (Lipinski definition) is 0. The van der Waals surface area contributed by atoms with E-state index >= 15 is 0 Å². The fourth-order valence-corrected chi connectivity index (χ4v) is 11.2. The molecule has 47 heavy (non-hydrogen) atoms. The minimum Gasteiger partial charge on any atom is -0.456 e. The highest BCUT2D eigenvalue weighted by atomic mass is 16.6. The van der Waals surface area contributed by atoms with Crippen molar-refractivity contribution in [3.05, 3.63) is 24.8 Å². The Morgan fingerprint density at radius 2 is 0.979 bits per heavy atom. The van der Waals surface area contributed by atoms with Gasteiger partial charge in [0.1, 0.15) is 11.2 Å². The maximum absolute atomic E-state index is 12.4. The molecule has 8 aliphatic carbocycles. The summed E-state index contributed by atoms with van der Waals surface area (Å²) in [7, 11) is 0. The van der Waals surface area contributed by atoms with Crippen LogP contribution in [0.3, 0.4) is 0 Å². The summed E-state index contributed by atoms with van der Waals surface area (Å²) in [5, 5.41) is 0. The van der Waals surface area contributed by atoms with Crippen LogP contribution in [-0.2, 0) is 38.1 Å². The highest BCUT2D eigenvalue weighted by Crippen LogP contribution is 2.62. The molecule has 0 aromatic rings. The van der Waals surface area contributed by atoms with Gasteiger partial charge in [0.15, 0.2) is 13.2 Å². The van der Waals surface area contributed by atoms with Gasteiger partial charge >= 0.3 is 23.9 Å². The normalized spacial score (nSPS) is 37.2. The molecule has 0 aliphatic heterocycles. The van der Waals surface area contributed by atoms with Gasteiger partial charge in [0.05, 0.1) is 0 Å². The zero-order valence-electron chi connectivity index (χ0n) is 29.4. The van der Waals surface area contributed by atoms with Crippen LogP contribution in [0.4, 0.5) is 0 Å². The van der Waals surface area contributed by atoms with E-state index in [2.05, 4.69) is 40.9 Å². The Bertz CT molecular complexity index is 1160. The van der Waals surface area contributed by atoms with Crippen molar-refractivity contribution in [1.29, 1.82) is 0 Å². The topological polar surface area (TPSA) is 105 Å². The van der Waals surface area contributed by atoms with Gasteiger partial charge in [-0.3, -0.25) is 0 Å². The van der Waals surface area contributed by atoms with Crippen LogP contribution in [0.2, 0.25) is 0 Å². The first-order valence-electron chi connectivity index (χ1n) is 18.3. The van der Waals surface area contributed by atoms with Crippen LogP contribution < -0.4 is 0 Å². The summed E-state index contributed by atoms with van der Waals surface area (Å²) in [6.45, 7) is 16.6. The maximum atomic E-state index is 12.4. The highest BCUT2D eigenvalue weighted by Gasteiger charge is 2.60. The summed E-state index contributed by atoms with van der Waals surface area (Å²) < 4.78 is 22.0. The Morgan fingerprint density at radius 1 is 0.638 bits per heavy atom. The van der Waals surface area contributed by atoms with Crippen LogP contribution in [0.25, 0.3) is 0 Å². The lowest BCUT2D eigenvalue weighted by atomic mass is 9.48. The van der Waals surface area contributed by atoms with Crippen molar-refractivity contribution in [2.75, 3.05) is 13.2 Å². The summed E-state index contributed by atoms with van der Waals surface area (Å²) in [5.74, 6) is 4.29. The largest absolute Gasteiger partial charge is 0.456 e. The third kappa shape index (κ3) is 7.83. The summed E-state index contributed by atoms with van der Waals surface area (Å²) >= 11 is 0. The van der Waals surface area contributed by atoms with Gasteiger partial charge in [-0.05, 0) is 143 Å². The third-order valence-electron chi connectivity index (χ3n) is 12.3. The predicted molar refractivity (Wildman–Crippen MR) is 178 cm³/mol. The zero-order chi connectivity index (χ0) is 34.1. The van der Waals surface area contributed by atoms with Gasteiger partial charge in [-0.15, -0.1) is 0 Å². The average molecular weight is 655 g/mol. The molecule has 8 rings (SSSR count). The standard InChI is InChI=1S/C20H30O4.C19H28O4/c1-12(2)10-20(24-18(21)11-23-19(22)13(3)4)16-6-14-5-15(8-16)9-17(20)7-14;1-4-17(20)22-11-18(21)23-19(10-12(2)3)15-6-13-5-14(8-15)9-16(19)7-13/h12,14-17H,3,5-11H2,1-2,4H3;4,12-16H,1,5-11H2,2-3H3. The van der Waals surface area contributed by atoms with Crippen molar-refractivity contribution in [2.45, 2.75) is 123 Å². The predicted octanol–water partition coefficient (Wildman–Crippen LogP) is 7.39. The maximum Gasteiger partial charge on any atom is 0.344 e. The lowest BCUT2D eigenvalue weighted by Crippen LogP contribution is -2.60. The van der Waals surface area contributed by atoms with Crippen LogP contribution in [-0.4, -0.2) is 48.3 Å². The smallest absolute Gasteiger partial charge is 0.344 e. The van der Waals surface area contributed by atoms with E-state index < -0.39 is 23.9 Å². The van der Waals surface area contributed by atoms with Crippen LogP contribution in [0.1, 0.15) is 112 Å². The zero-order valence-corrected chi connectivity index (χ0v) is 29.4. The second kappa shape index (κ2) is 14.5. The minimum atomic E-state index is -0.579. The Morgan fingerprint density at radius 3 is 1.28 bits per heavy atom. The van der Waals surface area contributed by atoms with Crippen molar-refractivity contribution < 1.29 is 38.1 Å². The van der Waals surface area contributed by atoms with Gasteiger partial charge in [0.25, 0.3) is 0 Å². The van der Waals surface area contributed by atoms with Gasteiger partial charge in [-0.1, -0.05) is 40.9 Å². The second-order valence-electron chi connectivity index (χ2n) is 16.8. The number of carbonyl (C=O) groups excluding carboxylic acids is 4. The van der Waals surface area contributed by atoms with Gasteiger partial charge in [-0.2, -0.15) is 0 Å². The van der Waals surface area contributed by atoms with Crippen LogP contribution >= 0.6 is 0 Å². The number of rotatable bonds is 12. The first kappa shape index (κ1) is 35.7. The number of carbonyl (C=O) groups is 4. The molecule has 8 heteroatoms. The Hall–Kier alpha value is -2.64. The lowest BCUT2D eigenvalue weighted by Gasteiger charge is -2.60. The number of ether oxygens (including phenoxy) is 4. The summed E-state index contributed by atoms with van der Waals surface area (Å²) in [6.07, 6.45) is 15.2. The van der Waals surface area contributed by atoms with E-state index in [1.807, 2.05) is 0 Å². The van der Waals surface area contributed by atoms with Crippen molar-refractivity contribution in [3.63, 3.8) is 0 Å². The first-order chi connectivity index (χ1) is 22.2. The molecule has 262 valence electrons. The molecule has 0 unspecified atom stereocenters. The Labute approximate surface area is 281 Å². The van der Waals surface area contributed by atoms with Crippen LogP contribution in [0, 0.1) is 59.2 Å². The van der Waals surface area contributed by atoms with Crippen LogP contribution in [0.5, 0.6) is 0 Å². The quantitative estimate of drug-likeness (QED) is 0.122. The molecule has 0 N–H and O–H groups in total. The summed E-state index contributed by atoms with van der Waals surface area (Å²) in [4.78, 5) is 47.4. The van der Waals surface area contributed by atoms with E-state index in [0.29, 0.717) is 41.1 Å². The lowest BCUT2D eigenvalue weighted by molar-refractivity contribution is -0.218. The molecule has 8 bridgehead atoms. The molecule has 8 saturated carbocycles. The molecular formula is C39H58O8. The molecule has 0 atom stereocenters. The first-order valence-corrected chi connectivity index (χ1v) is 18.3. The molecule has 0 radical (unpaired) electrons. The molecule has 0 heterocycles. The molecule has 0 amide bonds. The number of esters is 4. The van der Waals surface area contributed by atoms with E-state index in [1.165, 1.54) is 64.2 Å². The molecule has 0 saturated heterocycles. The third-order valence-corrected chi connectivity index (χ3v) is 12.3. The van der Waals surface area contributed by atoms with Gasteiger partial charge < -0.3 is 18.9 Å². The van der Waals surface area contributed by atoms with E-state index in [9.17, 15) is 19.2 Å². The fraction of sp³-hybridized carbons (Fsp3) is 0.795.